The minimum Gasteiger partial charge on any atom is -0.289 e. The van der Waals surface area contributed by atoms with Crippen LogP contribution in [-0.4, -0.2) is 26.2 Å². The predicted molar refractivity (Wildman–Crippen MR) is 89.1 cm³/mol. The Balaban J connectivity index is 2.20. The zero-order valence-corrected chi connectivity index (χ0v) is 13.5. The topological polar surface area (TPSA) is 106 Å². The van der Waals surface area contributed by atoms with Crippen molar-refractivity contribution in [2.45, 2.75) is 4.90 Å². The van der Waals surface area contributed by atoms with Crippen molar-refractivity contribution in [2.24, 2.45) is 0 Å². The van der Waals surface area contributed by atoms with Crippen LogP contribution in [0.1, 0.15) is 15.9 Å². The Hall–Kier alpha value is -2.84. The number of allylic oxidation sites excluding steroid dienone is 1. The molecule has 0 aliphatic heterocycles. The van der Waals surface area contributed by atoms with E-state index in [0.717, 1.165) is 0 Å². The second-order valence-corrected chi connectivity index (χ2v) is 6.67. The summed E-state index contributed by atoms with van der Waals surface area (Å²) in [5.74, 6) is -0.374. The lowest BCUT2D eigenvalue weighted by molar-refractivity contribution is -0.384. The minimum atomic E-state index is -3.62. The van der Waals surface area contributed by atoms with Gasteiger partial charge in [0.05, 0.1) is 9.82 Å². The molecule has 0 heterocycles. The second kappa shape index (κ2) is 7.16. The number of nitro groups is 1. The number of rotatable bonds is 6. The molecule has 0 aliphatic rings. The van der Waals surface area contributed by atoms with E-state index in [1.54, 1.807) is 0 Å². The SMILES string of the molecule is CNS(=O)(=O)c1cccc(C(=O)/C=C\c2ccc([N+](=O)[O-])cc2)c1. The highest BCUT2D eigenvalue weighted by atomic mass is 32.2. The summed E-state index contributed by atoms with van der Waals surface area (Å²) in [6.45, 7) is 0. The number of nitrogens with one attached hydrogen (secondary N) is 1. The molecule has 0 aromatic heterocycles. The minimum absolute atomic E-state index is 0.000383. The quantitative estimate of drug-likeness (QED) is 0.374. The maximum atomic E-state index is 12.2. The Morgan fingerprint density at radius 2 is 1.83 bits per heavy atom. The molecule has 2 rings (SSSR count). The van der Waals surface area contributed by atoms with E-state index in [2.05, 4.69) is 4.72 Å². The number of carbonyl (C=O) groups excluding carboxylic acids is 1. The maximum Gasteiger partial charge on any atom is 0.269 e. The monoisotopic (exact) mass is 346 g/mol. The molecule has 124 valence electrons. The zero-order chi connectivity index (χ0) is 17.7. The summed E-state index contributed by atoms with van der Waals surface area (Å²) in [5.41, 5.74) is 0.806. The van der Waals surface area contributed by atoms with Crippen molar-refractivity contribution in [3.63, 3.8) is 0 Å². The third kappa shape index (κ3) is 4.12. The standard InChI is InChI=1S/C16H14N2O5S/c1-17-24(22,23)15-4-2-3-13(11-15)16(19)10-7-12-5-8-14(9-6-12)18(20)21/h2-11,17H,1H3/b10-7-. The van der Waals surface area contributed by atoms with Gasteiger partial charge in [0, 0.05) is 17.7 Å². The van der Waals surface area contributed by atoms with Crippen molar-refractivity contribution < 1.29 is 18.1 Å². The lowest BCUT2D eigenvalue weighted by Crippen LogP contribution is -2.18. The summed E-state index contributed by atoms with van der Waals surface area (Å²) in [4.78, 5) is 22.2. The van der Waals surface area contributed by atoms with Crippen LogP contribution in [0.5, 0.6) is 0 Å². The van der Waals surface area contributed by atoms with Crippen LogP contribution >= 0.6 is 0 Å². The molecule has 0 radical (unpaired) electrons. The molecule has 0 spiro atoms. The fourth-order valence-corrected chi connectivity index (χ4v) is 2.69. The van der Waals surface area contributed by atoms with Crippen LogP contribution < -0.4 is 4.72 Å². The summed E-state index contributed by atoms with van der Waals surface area (Å²) >= 11 is 0. The highest BCUT2D eigenvalue weighted by molar-refractivity contribution is 7.89. The van der Waals surface area contributed by atoms with Gasteiger partial charge in [-0.05, 0) is 43.0 Å². The third-order valence-electron chi connectivity index (χ3n) is 3.23. The van der Waals surface area contributed by atoms with Crippen molar-refractivity contribution in [3.8, 4) is 0 Å². The highest BCUT2D eigenvalue weighted by Crippen LogP contribution is 2.15. The van der Waals surface area contributed by atoms with Gasteiger partial charge in [0.25, 0.3) is 5.69 Å². The fraction of sp³-hybridized carbons (Fsp3) is 0.0625. The first kappa shape index (κ1) is 17.5. The smallest absolute Gasteiger partial charge is 0.269 e. The van der Waals surface area contributed by atoms with Gasteiger partial charge < -0.3 is 0 Å². The highest BCUT2D eigenvalue weighted by Gasteiger charge is 2.13. The average molecular weight is 346 g/mol. The van der Waals surface area contributed by atoms with Crippen LogP contribution in [-0.2, 0) is 10.0 Å². The molecular formula is C16H14N2O5S. The van der Waals surface area contributed by atoms with Crippen LogP contribution in [0, 0.1) is 10.1 Å². The van der Waals surface area contributed by atoms with E-state index in [0.29, 0.717) is 5.56 Å². The molecule has 0 saturated carbocycles. The Morgan fingerprint density at radius 3 is 2.42 bits per heavy atom. The van der Waals surface area contributed by atoms with Crippen LogP contribution in [0.25, 0.3) is 6.08 Å². The third-order valence-corrected chi connectivity index (χ3v) is 4.64. The Labute approximate surface area is 138 Å². The summed E-state index contributed by atoms with van der Waals surface area (Å²) in [5, 5.41) is 10.6. The number of sulfonamides is 1. The van der Waals surface area contributed by atoms with Crippen molar-refractivity contribution >= 4 is 27.6 Å². The molecule has 0 saturated heterocycles. The van der Waals surface area contributed by atoms with E-state index in [-0.39, 0.29) is 21.9 Å². The molecule has 0 bridgehead atoms. The van der Waals surface area contributed by atoms with Gasteiger partial charge in [0.1, 0.15) is 0 Å². The molecule has 0 fully saturated rings. The second-order valence-electron chi connectivity index (χ2n) is 4.78. The van der Waals surface area contributed by atoms with Crippen molar-refractivity contribution in [1.29, 1.82) is 0 Å². The number of non-ortho nitro benzene ring substituents is 1. The van der Waals surface area contributed by atoms with Crippen molar-refractivity contribution in [3.05, 3.63) is 75.8 Å². The summed E-state index contributed by atoms with van der Waals surface area (Å²) < 4.78 is 25.7. The Bertz CT molecular complexity index is 902. The van der Waals surface area contributed by atoms with Crippen LogP contribution in [0.4, 0.5) is 5.69 Å². The van der Waals surface area contributed by atoms with Crippen LogP contribution in [0.2, 0.25) is 0 Å². The first-order chi connectivity index (χ1) is 11.3. The van der Waals surface area contributed by atoms with Crippen LogP contribution in [0.15, 0.2) is 59.5 Å². The predicted octanol–water partition coefficient (Wildman–Crippen LogP) is 2.40. The molecule has 2 aromatic rings. The van der Waals surface area contributed by atoms with E-state index < -0.39 is 14.9 Å². The maximum absolute atomic E-state index is 12.2. The molecule has 0 aliphatic carbocycles. The van der Waals surface area contributed by atoms with Crippen LogP contribution in [0.3, 0.4) is 0 Å². The normalized spacial score (nSPS) is 11.5. The molecule has 1 N–H and O–H groups in total. The number of hydrogen-bond acceptors (Lipinski definition) is 5. The lowest BCUT2D eigenvalue weighted by Gasteiger charge is -2.03. The summed E-state index contributed by atoms with van der Waals surface area (Å²) in [6, 6.07) is 11.4. The van der Waals surface area contributed by atoms with E-state index in [1.807, 2.05) is 0 Å². The summed E-state index contributed by atoms with van der Waals surface area (Å²) in [6.07, 6.45) is 2.79. The molecule has 0 amide bonds. The number of benzene rings is 2. The van der Waals surface area contributed by atoms with Gasteiger partial charge in [-0.25, -0.2) is 13.1 Å². The van der Waals surface area contributed by atoms with Crippen molar-refractivity contribution in [1.82, 2.24) is 4.72 Å². The van der Waals surface area contributed by atoms with Crippen molar-refractivity contribution in [2.75, 3.05) is 7.05 Å². The summed E-state index contributed by atoms with van der Waals surface area (Å²) in [7, 11) is -2.33. The Kier molecular flexibility index (Phi) is 5.22. The molecule has 24 heavy (non-hydrogen) atoms. The van der Waals surface area contributed by atoms with E-state index >= 15 is 0 Å². The first-order valence-corrected chi connectivity index (χ1v) is 8.32. The number of ketones is 1. The van der Waals surface area contributed by atoms with Gasteiger partial charge >= 0.3 is 0 Å². The largest absolute Gasteiger partial charge is 0.289 e. The van der Waals surface area contributed by atoms with Gasteiger partial charge in [0.2, 0.25) is 10.0 Å². The Morgan fingerprint density at radius 1 is 1.17 bits per heavy atom. The van der Waals surface area contributed by atoms with Gasteiger partial charge in [0.15, 0.2) is 5.78 Å². The van der Waals surface area contributed by atoms with Gasteiger partial charge in [-0.15, -0.1) is 0 Å². The fourth-order valence-electron chi connectivity index (χ4n) is 1.91. The number of hydrogen-bond donors (Lipinski definition) is 1. The first-order valence-electron chi connectivity index (χ1n) is 6.84. The number of nitro benzene ring substituents is 1. The van der Waals surface area contributed by atoms with Gasteiger partial charge in [-0.1, -0.05) is 18.2 Å². The van der Waals surface area contributed by atoms with Gasteiger partial charge in [-0.2, -0.15) is 0 Å². The molecule has 0 atom stereocenters. The molecule has 8 heteroatoms. The van der Waals surface area contributed by atoms with E-state index in [1.165, 1.54) is 67.7 Å². The molecular weight excluding hydrogens is 332 g/mol. The zero-order valence-electron chi connectivity index (χ0n) is 12.7. The lowest BCUT2D eigenvalue weighted by atomic mass is 10.1. The molecule has 0 unspecified atom stereocenters. The van der Waals surface area contributed by atoms with E-state index in [9.17, 15) is 23.3 Å². The molecule has 7 nitrogen and oxygen atoms in total. The van der Waals surface area contributed by atoms with E-state index in [4.69, 9.17) is 0 Å². The average Bonchev–Trinajstić information content (AvgIpc) is 2.60. The molecule has 2 aromatic carbocycles. The number of nitrogens with zero attached hydrogens (tertiary/aromatic N) is 1. The number of carbonyl (C=O) groups is 1. The van der Waals surface area contributed by atoms with Gasteiger partial charge in [-0.3, -0.25) is 14.9 Å².